The van der Waals surface area contributed by atoms with Crippen molar-refractivity contribution in [3.05, 3.63) is 35.4 Å². The van der Waals surface area contributed by atoms with Gasteiger partial charge in [-0.05, 0) is 32.8 Å². The summed E-state index contributed by atoms with van der Waals surface area (Å²) in [5.41, 5.74) is 2.46. The van der Waals surface area contributed by atoms with E-state index in [1.54, 1.807) is 0 Å². The SMILES string of the molecule is CCC(C)NC(=O)CN[C@H](C)c1ccc(C)cc1. The van der Waals surface area contributed by atoms with Gasteiger partial charge in [0, 0.05) is 12.1 Å². The van der Waals surface area contributed by atoms with E-state index in [2.05, 4.69) is 55.7 Å². The molecule has 0 fully saturated rings. The van der Waals surface area contributed by atoms with E-state index in [0.717, 1.165) is 6.42 Å². The highest BCUT2D eigenvalue weighted by Crippen LogP contribution is 2.12. The first-order valence-corrected chi connectivity index (χ1v) is 6.62. The van der Waals surface area contributed by atoms with Crippen LogP contribution in [0.1, 0.15) is 44.4 Å². The molecule has 1 unspecified atom stereocenters. The summed E-state index contributed by atoms with van der Waals surface area (Å²) in [4.78, 5) is 11.6. The first kappa shape index (κ1) is 14.7. The number of rotatable bonds is 6. The molecule has 0 aliphatic carbocycles. The fourth-order valence-electron chi connectivity index (χ4n) is 1.65. The van der Waals surface area contributed by atoms with E-state index in [9.17, 15) is 4.79 Å². The van der Waals surface area contributed by atoms with Gasteiger partial charge >= 0.3 is 0 Å². The largest absolute Gasteiger partial charge is 0.353 e. The van der Waals surface area contributed by atoms with Gasteiger partial charge in [0.2, 0.25) is 5.91 Å². The van der Waals surface area contributed by atoms with Gasteiger partial charge in [-0.2, -0.15) is 0 Å². The molecule has 0 aliphatic rings. The smallest absolute Gasteiger partial charge is 0.234 e. The maximum Gasteiger partial charge on any atom is 0.234 e. The number of carbonyl (C=O) groups excluding carboxylic acids is 1. The second kappa shape index (κ2) is 7.17. The van der Waals surface area contributed by atoms with Crippen molar-refractivity contribution < 1.29 is 4.79 Å². The lowest BCUT2D eigenvalue weighted by atomic mass is 10.1. The molecule has 0 saturated carbocycles. The number of hydrogen-bond acceptors (Lipinski definition) is 2. The molecular weight excluding hydrogens is 224 g/mol. The summed E-state index contributed by atoms with van der Waals surface area (Å²) in [6.07, 6.45) is 0.958. The number of carbonyl (C=O) groups is 1. The van der Waals surface area contributed by atoms with Crippen LogP contribution in [0.4, 0.5) is 0 Å². The normalized spacial score (nSPS) is 14.0. The Bertz CT molecular complexity index is 373. The minimum absolute atomic E-state index is 0.0586. The molecule has 0 heterocycles. The van der Waals surface area contributed by atoms with Crippen LogP contribution >= 0.6 is 0 Å². The molecule has 0 aromatic heterocycles. The quantitative estimate of drug-likeness (QED) is 0.812. The minimum Gasteiger partial charge on any atom is -0.353 e. The molecule has 0 radical (unpaired) electrons. The number of amides is 1. The van der Waals surface area contributed by atoms with Crippen LogP contribution in [0.5, 0.6) is 0 Å². The van der Waals surface area contributed by atoms with Crippen molar-refractivity contribution in [2.75, 3.05) is 6.54 Å². The lowest BCUT2D eigenvalue weighted by Crippen LogP contribution is -2.39. The molecule has 100 valence electrons. The summed E-state index contributed by atoms with van der Waals surface area (Å²) in [5, 5.41) is 6.18. The van der Waals surface area contributed by atoms with E-state index < -0.39 is 0 Å². The Labute approximate surface area is 110 Å². The van der Waals surface area contributed by atoms with Crippen molar-refractivity contribution in [1.29, 1.82) is 0 Å². The van der Waals surface area contributed by atoms with Crippen molar-refractivity contribution in [1.82, 2.24) is 10.6 Å². The van der Waals surface area contributed by atoms with E-state index >= 15 is 0 Å². The molecule has 2 N–H and O–H groups in total. The predicted molar refractivity (Wildman–Crippen MR) is 75.5 cm³/mol. The molecule has 0 spiro atoms. The Balaban J connectivity index is 2.39. The third-order valence-electron chi connectivity index (χ3n) is 3.17. The van der Waals surface area contributed by atoms with Gasteiger partial charge in [0.15, 0.2) is 0 Å². The van der Waals surface area contributed by atoms with Gasteiger partial charge in [-0.15, -0.1) is 0 Å². The Morgan fingerprint density at radius 3 is 2.39 bits per heavy atom. The Kier molecular flexibility index (Phi) is 5.86. The second-order valence-electron chi connectivity index (χ2n) is 4.89. The molecule has 1 aromatic carbocycles. The molecule has 1 amide bonds. The standard InChI is InChI=1S/C15H24N2O/c1-5-12(3)17-15(18)10-16-13(4)14-8-6-11(2)7-9-14/h6-9,12-13,16H,5,10H2,1-4H3,(H,17,18)/t12?,13-/m1/s1. The van der Waals surface area contributed by atoms with Gasteiger partial charge in [0.05, 0.1) is 6.54 Å². The van der Waals surface area contributed by atoms with Crippen LogP contribution in [0, 0.1) is 6.92 Å². The molecular formula is C15H24N2O. The molecule has 2 atom stereocenters. The van der Waals surface area contributed by atoms with Gasteiger partial charge in [-0.25, -0.2) is 0 Å². The van der Waals surface area contributed by atoms with Gasteiger partial charge in [0.25, 0.3) is 0 Å². The number of hydrogen-bond donors (Lipinski definition) is 2. The highest BCUT2D eigenvalue weighted by molar-refractivity contribution is 5.78. The Morgan fingerprint density at radius 2 is 1.83 bits per heavy atom. The molecule has 0 saturated heterocycles. The molecule has 0 bridgehead atoms. The Morgan fingerprint density at radius 1 is 1.22 bits per heavy atom. The monoisotopic (exact) mass is 248 g/mol. The Hall–Kier alpha value is -1.35. The topological polar surface area (TPSA) is 41.1 Å². The third kappa shape index (κ3) is 4.88. The summed E-state index contributed by atoms with van der Waals surface area (Å²) >= 11 is 0. The van der Waals surface area contributed by atoms with Gasteiger partial charge < -0.3 is 10.6 Å². The number of benzene rings is 1. The van der Waals surface area contributed by atoms with Gasteiger partial charge in [0.1, 0.15) is 0 Å². The summed E-state index contributed by atoms with van der Waals surface area (Å²) < 4.78 is 0. The number of nitrogens with one attached hydrogen (secondary N) is 2. The molecule has 1 rings (SSSR count). The summed E-state index contributed by atoms with van der Waals surface area (Å²) in [5.74, 6) is 0.0586. The van der Waals surface area contributed by atoms with Crippen molar-refractivity contribution in [3.63, 3.8) is 0 Å². The molecule has 3 heteroatoms. The van der Waals surface area contributed by atoms with Crippen LogP contribution in [0.3, 0.4) is 0 Å². The zero-order valence-electron chi connectivity index (χ0n) is 11.8. The molecule has 18 heavy (non-hydrogen) atoms. The van der Waals surface area contributed by atoms with E-state index in [4.69, 9.17) is 0 Å². The molecule has 1 aromatic rings. The average molecular weight is 248 g/mol. The highest BCUT2D eigenvalue weighted by atomic mass is 16.1. The van der Waals surface area contributed by atoms with Crippen LogP contribution in [0.25, 0.3) is 0 Å². The fourth-order valence-corrected chi connectivity index (χ4v) is 1.65. The highest BCUT2D eigenvalue weighted by Gasteiger charge is 2.08. The zero-order chi connectivity index (χ0) is 13.5. The van der Waals surface area contributed by atoms with E-state index in [1.807, 2.05) is 6.92 Å². The van der Waals surface area contributed by atoms with Crippen LogP contribution in [-0.2, 0) is 4.79 Å². The maximum atomic E-state index is 11.6. The third-order valence-corrected chi connectivity index (χ3v) is 3.17. The first-order valence-electron chi connectivity index (χ1n) is 6.62. The number of aryl methyl sites for hydroxylation is 1. The maximum absolute atomic E-state index is 11.6. The average Bonchev–Trinajstić information content (AvgIpc) is 2.36. The van der Waals surface area contributed by atoms with Crippen LogP contribution in [0.2, 0.25) is 0 Å². The summed E-state index contributed by atoms with van der Waals surface area (Å²) in [6, 6.07) is 8.81. The van der Waals surface area contributed by atoms with Crippen LogP contribution in [0.15, 0.2) is 24.3 Å². The summed E-state index contributed by atoms with van der Waals surface area (Å²) in [7, 11) is 0. The van der Waals surface area contributed by atoms with E-state index in [1.165, 1.54) is 11.1 Å². The summed E-state index contributed by atoms with van der Waals surface area (Å²) in [6.45, 7) is 8.58. The van der Waals surface area contributed by atoms with Gasteiger partial charge in [-0.1, -0.05) is 36.8 Å². The fraction of sp³-hybridized carbons (Fsp3) is 0.533. The van der Waals surface area contributed by atoms with Gasteiger partial charge in [-0.3, -0.25) is 4.79 Å². The van der Waals surface area contributed by atoms with E-state index in [-0.39, 0.29) is 18.0 Å². The van der Waals surface area contributed by atoms with Crippen molar-refractivity contribution in [2.45, 2.75) is 46.2 Å². The lowest BCUT2D eigenvalue weighted by Gasteiger charge is -2.16. The van der Waals surface area contributed by atoms with E-state index in [0.29, 0.717) is 6.54 Å². The molecule has 3 nitrogen and oxygen atoms in total. The lowest BCUT2D eigenvalue weighted by molar-refractivity contribution is -0.120. The zero-order valence-corrected chi connectivity index (χ0v) is 11.8. The van der Waals surface area contributed by atoms with Crippen molar-refractivity contribution in [3.8, 4) is 0 Å². The van der Waals surface area contributed by atoms with Crippen molar-refractivity contribution in [2.24, 2.45) is 0 Å². The first-order chi connectivity index (χ1) is 8.52. The van der Waals surface area contributed by atoms with Crippen LogP contribution < -0.4 is 10.6 Å². The second-order valence-corrected chi connectivity index (χ2v) is 4.89. The minimum atomic E-state index is 0.0586. The molecule has 0 aliphatic heterocycles. The van der Waals surface area contributed by atoms with Crippen molar-refractivity contribution >= 4 is 5.91 Å². The predicted octanol–water partition coefficient (Wildman–Crippen LogP) is 2.56. The van der Waals surface area contributed by atoms with Crippen LogP contribution in [-0.4, -0.2) is 18.5 Å².